The lowest BCUT2D eigenvalue weighted by molar-refractivity contribution is 0.0697. The summed E-state index contributed by atoms with van der Waals surface area (Å²) in [5.74, 6) is 0.0218. The number of hydrogen-bond acceptors (Lipinski definition) is 6. The molecule has 2 fully saturated rings. The zero-order valence-electron chi connectivity index (χ0n) is 22.5. The number of fused-ring (bicyclic) bond motifs is 1. The van der Waals surface area contributed by atoms with Gasteiger partial charge in [-0.05, 0) is 74.1 Å². The average Bonchev–Trinajstić information content (AvgIpc) is 2.98. The molecule has 0 atom stereocenters. The molecule has 6 rings (SSSR count). The molecule has 0 saturated carbocycles. The molecule has 0 bridgehead atoms. The number of nitrogens with one attached hydrogen (secondary N) is 1. The number of halogens is 1. The Bertz CT molecular complexity index is 1590. The van der Waals surface area contributed by atoms with E-state index in [9.17, 15) is 14.0 Å². The maximum atomic E-state index is 14.0. The van der Waals surface area contributed by atoms with Gasteiger partial charge in [-0.1, -0.05) is 24.3 Å². The summed E-state index contributed by atoms with van der Waals surface area (Å²) in [6.07, 6.45) is 4.74. The highest BCUT2D eigenvalue weighted by Crippen LogP contribution is 2.28. The summed E-state index contributed by atoms with van der Waals surface area (Å²) in [6.45, 7) is 4.39. The molecule has 8 nitrogen and oxygen atoms in total. The predicted molar refractivity (Wildman–Crippen MR) is 152 cm³/mol. The molecular weight excluding hydrogens is 509 g/mol. The Kier molecular flexibility index (Phi) is 7.30. The first kappa shape index (κ1) is 26.1. The van der Waals surface area contributed by atoms with Gasteiger partial charge in [-0.25, -0.2) is 9.37 Å². The van der Waals surface area contributed by atoms with Crippen LogP contribution in [-0.2, 0) is 4.74 Å². The molecule has 1 N–H and O–H groups in total. The van der Waals surface area contributed by atoms with Crippen LogP contribution in [0.15, 0.2) is 65.6 Å². The average molecular weight is 542 g/mol. The van der Waals surface area contributed by atoms with Crippen molar-refractivity contribution >= 4 is 22.9 Å². The molecule has 40 heavy (non-hydrogen) atoms. The topological polar surface area (TPSA) is 89.3 Å². The molecule has 4 aromatic rings. The molecular formula is C31H32FN5O3. The number of hydrogen-bond donors (Lipinski definition) is 1. The van der Waals surface area contributed by atoms with Crippen molar-refractivity contribution in [2.75, 3.05) is 31.6 Å². The smallest absolute Gasteiger partial charge is 0.260 e. The lowest BCUT2D eigenvalue weighted by atomic mass is 10.00. The second-order valence-corrected chi connectivity index (χ2v) is 10.6. The predicted octanol–water partition coefficient (Wildman–Crippen LogP) is 4.97. The molecule has 0 radical (unpaired) electrons. The van der Waals surface area contributed by atoms with E-state index in [0.29, 0.717) is 49.0 Å². The molecule has 2 aromatic heterocycles. The van der Waals surface area contributed by atoms with Crippen molar-refractivity contribution in [2.45, 2.75) is 44.7 Å². The number of carbonyl (C=O) groups excluding carboxylic acids is 1. The van der Waals surface area contributed by atoms with E-state index in [1.54, 1.807) is 11.1 Å². The van der Waals surface area contributed by atoms with Gasteiger partial charge in [0.25, 0.3) is 11.5 Å². The minimum atomic E-state index is -0.358. The molecule has 4 heterocycles. The second kappa shape index (κ2) is 11.2. The number of anilines is 1. The number of aryl methyl sites for hydroxylation is 1. The fourth-order valence-corrected chi connectivity index (χ4v) is 5.72. The van der Waals surface area contributed by atoms with Gasteiger partial charge in [0, 0.05) is 61.1 Å². The van der Waals surface area contributed by atoms with Crippen LogP contribution < -0.4 is 10.9 Å². The van der Waals surface area contributed by atoms with E-state index in [1.807, 2.05) is 41.8 Å². The highest BCUT2D eigenvalue weighted by molar-refractivity contribution is 5.94. The molecule has 2 aromatic carbocycles. The Morgan fingerprint density at radius 3 is 2.45 bits per heavy atom. The fraction of sp³-hybridized carbons (Fsp3) is 0.355. The van der Waals surface area contributed by atoms with Gasteiger partial charge in [-0.15, -0.1) is 0 Å². The van der Waals surface area contributed by atoms with Gasteiger partial charge in [0.2, 0.25) is 5.95 Å². The van der Waals surface area contributed by atoms with Gasteiger partial charge in [-0.2, -0.15) is 4.98 Å². The van der Waals surface area contributed by atoms with E-state index in [-0.39, 0.29) is 29.4 Å². The molecule has 1 amide bonds. The number of nitrogens with zero attached hydrogens (tertiary/aromatic N) is 4. The number of ether oxygens (including phenoxy) is 1. The third-order valence-electron chi connectivity index (χ3n) is 7.97. The molecule has 2 aliphatic heterocycles. The van der Waals surface area contributed by atoms with Crippen molar-refractivity contribution in [3.05, 3.63) is 88.1 Å². The number of rotatable bonds is 5. The van der Waals surface area contributed by atoms with Crippen LogP contribution >= 0.6 is 0 Å². The number of piperidine rings is 1. The Balaban J connectivity index is 1.26. The van der Waals surface area contributed by atoms with Crippen LogP contribution in [0, 0.1) is 12.7 Å². The highest BCUT2D eigenvalue weighted by atomic mass is 19.1. The molecule has 0 unspecified atom stereocenters. The largest absolute Gasteiger partial charge is 0.381 e. The SMILES string of the molecule is Cc1ccccc1-c1cc2cnc(NC3CCN(C(=O)c4ccc(F)cc4)CC3)nc2n(C2CCOCC2)c1=O. The summed E-state index contributed by atoms with van der Waals surface area (Å²) in [5, 5.41) is 4.25. The van der Waals surface area contributed by atoms with E-state index >= 15 is 0 Å². The van der Waals surface area contributed by atoms with Crippen LogP contribution in [-0.4, -0.2) is 57.7 Å². The van der Waals surface area contributed by atoms with Gasteiger partial charge in [0.05, 0.1) is 0 Å². The summed E-state index contributed by atoms with van der Waals surface area (Å²) in [4.78, 5) is 38.0. The number of benzene rings is 2. The van der Waals surface area contributed by atoms with Gasteiger partial charge in [-0.3, -0.25) is 14.2 Å². The van der Waals surface area contributed by atoms with Gasteiger partial charge < -0.3 is 15.0 Å². The van der Waals surface area contributed by atoms with Gasteiger partial charge in [0.1, 0.15) is 11.5 Å². The Morgan fingerprint density at radius 2 is 1.73 bits per heavy atom. The van der Waals surface area contributed by atoms with Crippen LogP contribution in [0.5, 0.6) is 0 Å². The van der Waals surface area contributed by atoms with E-state index in [4.69, 9.17) is 9.72 Å². The summed E-state index contributed by atoms with van der Waals surface area (Å²) in [5.41, 5.74) is 3.67. The number of pyridine rings is 1. The van der Waals surface area contributed by atoms with Gasteiger partial charge >= 0.3 is 0 Å². The quantitative estimate of drug-likeness (QED) is 0.384. The third-order valence-corrected chi connectivity index (χ3v) is 7.97. The maximum absolute atomic E-state index is 14.0. The van der Waals surface area contributed by atoms with E-state index in [1.165, 1.54) is 24.3 Å². The third kappa shape index (κ3) is 5.21. The summed E-state index contributed by atoms with van der Waals surface area (Å²) < 4.78 is 20.7. The van der Waals surface area contributed by atoms with Crippen molar-refractivity contribution in [1.29, 1.82) is 0 Å². The number of aromatic nitrogens is 3. The Morgan fingerprint density at radius 1 is 1.00 bits per heavy atom. The minimum absolute atomic E-state index is 0.00354. The van der Waals surface area contributed by atoms with E-state index in [0.717, 1.165) is 42.2 Å². The standard InChI is InChI=1S/C31H32FN5O3/c1-20-4-2-3-5-26(20)27-18-22-19-33-31(35-28(22)37(30(27)39)25-12-16-40-17-13-25)34-24-10-14-36(15-11-24)29(38)21-6-8-23(32)9-7-21/h2-9,18-19,24-25H,10-17H2,1H3,(H,33,34,35). The number of amides is 1. The molecule has 0 aliphatic carbocycles. The number of likely N-dealkylation sites (tertiary alicyclic amines) is 1. The molecule has 2 aliphatic rings. The molecule has 2 saturated heterocycles. The minimum Gasteiger partial charge on any atom is -0.381 e. The fourth-order valence-electron chi connectivity index (χ4n) is 5.72. The zero-order chi connectivity index (χ0) is 27.6. The van der Waals surface area contributed by atoms with Crippen LogP contribution in [0.2, 0.25) is 0 Å². The van der Waals surface area contributed by atoms with Crippen molar-refractivity contribution in [3.8, 4) is 11.1 Å². The lowest BCUT2D eigenvalue weighted by Gasteiger charge is -2.32. The molecule has 9 heteroatoms. The molecule has 0 spiro atoms. The van der Waals surface area contributed by atoms with Crippen LogP contribution in [0.1, 0.15) is 47.6 Å². The van der Waals surface area contributed by atoms with Crippen molar-refractivity contribution in [1.82, 2.24) is 19.4 Å². The monoisotopic (exact) mass is 541 g/mol. The summed E-state index contributed by atoms with van der Waals surface area (Å²) in [7, 11) is 0. The first-order valence-electron chi connectivity index (χ1n) is 13.9. The lowest BCUT2D eigenvalue weighted by Crippen LogP contribution is -2.42. The van der Waals surface area contributed by atoms with Crippen LogP contribution in [0.25, 0.3) is 22.2 Å². The van der Waals surface area contributed by atoms with Crippen LogP contribution in [0.3, 0.4) is 0 Å². The number of carbonyl (C=O) groups is 1. The second-order valence-electron chi connectivity index (χ2n) is 10.6. The van der Waals surface area contributed by atoms with E-state index in [2.05, 4.69) is 10.3 Å². The van der Waals surface area contributed by atoms with Gasteiger partial charge in [0.15, 0.2) is 0 Å². The zero-order valence-corrected chi connectivity index (χ0v) is 22.5. The normalized spacial score (nSPS) is 16.8. The van der Waals surface area contributed by atoms with Crippen molar-refractivity contribution in [3.63, 3.8) is 0 Å². The maximum Gasteiger partial charge on any atom is 0.260 e. The summed E-state index contributed by atoms with van der Waals surface area (Å²) >= 11 is 0. The van der Waals surface area contributed by atoms with Crippen molar-refractivity contribution < 1.29 is 13.9 Å². The summed E-state index contributed by atoms with van der Waals surface area (Å²) in [6, 6.07) is 15.6. The Labute approximate surface area is 231 Å². The van der Waals surface area contributed by atoms with Crippen molar-refractivity contribution in [2.24, 2.45) is 0 Å². The Hall–Kier alpha value is -4.11. The van der Waals surface area contributed by atoms with E-state index < -0.39 is 0 Å². The highest BCUT2D eigenvalue weighted by Gasteiger charge is 2.26. The first-order chi connectivity index (χ1) is 19.5. The first-order valence-corrected chi connectivity index (χ1v) is 13.9. The van der Waals surface area contributed by atoms with Crippen LogP contribution in [0.4, 0.5) is 10.3 Å². The molecule has 206 valence electrons.